The molecule has 1 heterocycles. The lowest BCUT2D eigenvalue weighted by molar-refractivity contribution is 0.546. The lowest BCUT2D eigenvalue weighted by Crippen LogP contribution is -2.38. The molecule has 0 bridgehead atoms. The minimum atomic E-state index is -0.617. The summed E-state index contributed by atoms with van der Waals surface area (Å²) in [4.78, 5) is 36.3. The Balaban J connectivity index is 1.94. The van der Waals surface area contributed by atoms with Gasteiger partial charge in [-0.05, 0) is 23.6 Å². The Morgan fingerprint density at radius 2 is 1.54 bits per heavy atom. The number of nitrogens with zero attached hydrogens (tertiary/aromatic N) is 1. The van der Waals surface area contributed by atoms with Gasteiger partial charge in [0.05, 0.1) is 6.04 Å². The van der Waals surface area contributed by atoms with Crippen molar-refractivity contribution < 1.29 is 0 Å². The van der Waals surface area contributed by atoms with E-state index >= 15 is 0 Å². The molecule has 0 amide bonds. The van der Waals surface area contributed by atoms with Crippen molar-refractivity contribution in [1.82, 2.24) is 4.57 Å². The fourth-order valence-electron chi connectivity index (χ4n) is 2.93. The van der Waals surface area contributed by atoms with Gasteiger partial charge in [-0.25, -0.2) is 0 Å². The molecule has 0 aliphatic rings. The van der Waals surface area contributed by atoms with Crippen LogP contribution >= 0.6 is 0 Å². The van der Waals surface area contributed by atoms with Gasteiger partial charge in [-0.15, -0.1) is 0 Å². The number of hydrogen-bond donors (Lipinski definition) is 2. The molecule has 6 nitrogen and oxygen atoms in total. The maximum Gasteiger partial charge on any atom is 0.273 e. The first kappa shape index (κ1) is 17.7. The van der Waals surface area contributed by atoms with Gasteiger partial charge in [0, 0.05) is 13.2 Å². The number of benzene rings is 1. The zero-order valence-corrected chi connectivity index (χ0v) is 14.9. The largest absolute Gasteiger partial charge is 0.373 e. The van der Waals surface area contributed by atoms with Crippen LogP contribution in [0.4, 0.5) is 17.1 Å². The van der Waals surface area contributed by atoms with Crippen LogP contribution in [0.3, 0.4) is 0 Å². The molecular formula is C20H21N3O3. The first-order valence-corrected chi connectivity index (χ1v) is 8.47. The topological polar surface area (TPSA) is 80.2 Å². The van der Waals surface area contributed by atoms with Gasteiger partial charge in [-0.2, -0.15) is 0 Å². The fraction of sp³-hybridized carbons (Fsp3) is 0.250. The summed E-state index contributed by atoms with van der Waals surface area (Å²) < 4.78 is 1.40. The van der Waals surface area contributed by atoms with Gasteiger partial charge in [0.25, 0.3) is 16.4 Å². The van der Waals surface area contributed by atoms with E-state index in [0.29, 0.717) is 0 Å². The number of aromatic nitrogens is 1. The molecule has 2 aromatic carbocycles. The molecule has 0 aliphatic carbocycles. The molecule has 0 spiro atoms. The lowest BCUT2D eigenvalue weighted by atomic mass is 9.95. The maximum absolute atomic E-state index is 12.2. The molecule has 1 unspecified atom stereocenters. The highest BCUT2D eigenvalue weighted by Crippen LogP contribution is 2.29. The Kier molecular flexibility index (Phi) is 4.75. The van der Waals surface area contributed by atoms with Crippen molar-refractivity contribution >= 4 is 17.1 Å². The molecule has 26 heavy (non-hydrogen) atoms. The van der Waals surface area contributed by atoms with Crippen molar-refractivity contribution in [2.45, 2.75) is 19.9 Å². The summed E-state index contributed by atoms with van der Waals surface area (Å²) in [6.45, 7) is 4.08. The molecule has 0 saturated heterocycles. The van der Waals surface area contributed by atoms with Crippen LogP contribution in [0.15, 0.2) is 63.0 Å². The van der Waals surface area contributed by atoms with Gasteiger partial charge < -0.3 is 15.2 Å². The van der Waals surface area contributed by atoms with E-state index in [2.05, 4.69) is 10.6 Å². The van der Waals surface area contributed by atoms with E-state index in [9.17, 15) is 14.4 Å². The van der Waals surface area contributed by atoms with Crippen LogP contribution in [0.1, 0.15) is 25.5 Å². The van der Waals surface area contributed by atoms with Crippen LogP contribution in [0, 0.1) is 5.92 Å². The van der Waals surface area contributed by atoms with E-state index in [4.69, 9.17) is 0 Å². The van der Waals surface area contributed by atoms with Crippen molar-refractivity contribution in [3.63, 3.8) is 0 Å². The molecule has 2 N–H and O–H groups in total. The highest BCUT2D eigenvalue weighted by Gasteiger charge is 2.26. The van der Waals surface area contributed by atoms with E-state index in [1.54, 1.807) is 25.4 Å². The highest BCUT2D eigenvalue weighted by atomic mass is 16.2. The predicted molar refractivity (Wildman–Crippen MR) is 104 cm³/mol. The van der Waals surface area contributed by atoms with E-state index in [1.807, 2.05) is 44.2 Å². The SMILES string of the molecule is CC(C)C(Nc1c(Nc2cccn(C)c2=O)c(=O)c1=O)c1ccccc1. The van der Waals surface area contributed by atoms with Gasteiger partial charge in [0.2, 0.25) is 0 Å². The summed E-state index contributed by atoms with van der Waals surface area (Å²) in [5, 5.41) is 6.02. The quantitative estimate of drug-likeness (QED) is 0.667. The van der Waals surface area contributed by atoms with Crippen LogP contribution in [0.2, 0.25) is 0 Å². The molecular weight excluding hydrogens is 330 g/mol. The minimum absolute atomic E-state index is 0.126. The van der Waals surface area contributed by atoms with Gasteiger partial charge in [-0.1, -0.05) is 44.2 Å². The third-order valence-corrected chi connectivity index (χ3v) is 4.42. The van der Waals surface area contributed by atoms with Crippen LogP contribution in [-0.2, 0) is 7.05 Å². The number of rotatable bonds is 6. The molecule has 134 valence electrons. The van der Waals surface area contributed by atoms with Gasteiger partial charge in [0.15, 0.2) is 0 Å². The average molecular weight is 351 g/mol. The minimum Gasteiger partial charge on any atom is -0.373 e. The van der Waals surface area contributed by atoms with Crippen LogP contribution < -0.4 is 27.1 Å². The molecule has 3 rings (SSSR count). The number of pyridine rings is 1. The second-order valence-corrected chi connectivity index (χ2v) is 6.65. The summed E-state index contributed by atoms with van der Waals surface area (Å²) in [6.07, 6.45) is 1.62. The summed E-state index contributed by atoms with van der Waals surface area (Å²) in [6, 6.07) is 12.9. The molecule has 0 aliphatic heterocycles. The molecule has 0 fully saturated rings. The zero-order chi connectivity index (χ0) is 18.8. The first-order valence-electron chi connectivity index (χ1n) is 8.47. The van der Waals surface area contributed by atoms with Crippen LogP contribution in [-0.4, -0.2) is 4.57 Å². The average Bonchev–Trinajstić information content (AvgIpc) is 2.64. The third kappa shape index (κ3) is 3.18. The Labute approximate surface area is 150 Å². The first-order chi connectivity index (χ1) is 12.4. The van der Waals surface area contributed by atoms with Crippen molar-refractivity contribution in [2.75, 3.05) is 10.6 Å². The van der Waals surface area contributed by atoms with Crippen molar-refractivity contribution in [2.24, 2.45) is 13.0 Å². The molecule has 1 aromatic heterocycles. The molecule has 1 atom stereocenters. The molecule has 6 heteroatoms. The monoisotopic (exact) mass is 351 g/mol. The number of anilines is 3. The Morgan fingerprint density at radius 3 is 2.19 bits per heavy atom. The Hall–Kier alpha value is -3.15. The van der Waals surface area contributed by atoms with E-state index in [-0.39, 0.29) is 34.6 Å². The van der Waals surface area contributed by atoms with E-state index in [0.717, 1.165) is 5.56 Å². The highest BCUT2D eigenvalue weighted by molar-refractivity contribution is 5.78. The summed E-state index contributed by atoms with van der Waals surface area (Å²) in [5.74, 6) is 0.194. The fourth-order valence-corrected chi connectivity index (χ4v) is 2.93. The second kappa shape index (κ2) is 7.00. The smallest absolute Gasteiger partial charge is 0.273 e. The third-order valence-electron chi connectivity index (χ3n) is 4.42. The molecule has 0 radical (unpaired) electrons. The number of hydrogen-bond acceptors (Lipinski definition) is 5. The Bertz CT molecular complexity index is 1040. The lowest BCUT2D eigenvalue weighted by Gasteiger charge is -2.26. The predicted octanol–water partition coefficient (Wildman–Crippen LogP) is 2.53. The van der Waals surface area contributed by atoms with Crippen LogP contribution in [0.5, 0.6) is 0 Å². The maximum atomic E-state index is 12.2. The normalized spacial score (nSPS) is 12.3. The van der Waals surface area contributed by atoms with Crippen LogP contribution in [0.25, 0.3) is 0 Å². The van der Waals surface area contributed by atoms with Gasteiger partial charge in [0.1, 0.15) is 17.1 Å². The number of nitrogens with one attached hydrogen (secondary N) is 2. The second-order valence-electron chi connectivity index (χ2n) is 6.65. The van der Waals surface area contributed by atoms with E-state index in [1.165, 1.54) is 4.57 Å². The summed E-state index contributed by atoms with van der Waals surface area (Å²) in [5.41, 5.74) is 0.192. The van der Waals surface area contributed by atoms with Gasteiger partial charge >= 0.3 is 0 Å². The molecule has 3 aromatic rings. The summed E-state index contributed by atoms with van der Waals surface area (Å²) >= 11 is 0. The van der Waals surface area contributed by atoms with Crippen molar-refractivity contribution in [3.8, 4) is 0 Å². The van der Waals surface area contributed by atoms with E-state index < -0.39 is 10.9 Å². The summed E-state index contributed by atoms with van der Waals surface area (Å²) in [7, 11) is 1.62. The standard InChI is InChI=1S/C20H21N3O3/c1-12(2)15(13-8-5-4-6-9-13)22-17-16(18(24)19(17)25)21-14-10-7-11-23(3)20(14)26/h4-12,15,21-22H,1-3H3. The van der Waals surface area contributed by atoms with Gasteiger partial charge in [-0.3, -0.25) is 14.4 Å². The molecule has 0 saturated carbocycles. The zero-order valence-electron chi connectivity index (χ0n) is 14.9. The van der Waals surface area contributed by atoms with Crippen molar-refractivity contribution in [3.05, 3.63) is 85.0 Å². The van der Waals surface area contributed by atoms with Crippen molar-refractivity contribution in [1.29, 1.82) is 0 Å². The number of aryl methyl sites for hydroxylation is 1. The Morgan fingerprint density at radius 1 is 0.885 bits per heavy atom.